The van der Waals surface area contributed by atoms with Crippen molar-refractivity contribution in [2.45, 2.75) is 26.4 Å². The van der Waals surface area contributed by atoms with Crippen LogP contribution in [0, 0.1) is 5.82 Å². The van der Waals surface area contributed by atoms with Crippen LogP contribution in [0.25, 0.3) is 0 Å². The first kappa shape index (κ1) is 13.4. The maximum atomic E-state index is 13.6. The van der Waals surface area contributed by atoms with Crippen LogP contribution in [0.5, 0.6) is 5.75 Å². The zero-order valence-electron chi connectivity index (χ0n) is 11.4. The zero-order valence-corrected chi connectivity index (χ0v) is 11.4. The number of nitrogens with zero attached hydrogens (tertiary/aromatic N) is 2. The number of halogens is 1. The van der Waals surface area contributed by atoms with E-state index in [0.717, 1.165) is 17.8 Å². The maximum absolute atomic E-state index is 13.6. The number of rotatable bonds is 5. The molecule has 0 spiro atoms. The van der Waals surface area contributed by atoms with E-state index in [1.165, 1.54) is 13.2 Å². The van der Waals surface area contributed by atoms with Crippen LogP contribution in [0.1, 0.15) is 25.5 Å². The fraction of sp³-hybridized carbons (Fsp3) is 0.357. The summed E-state index contributed by atoms with van der Waals surface area (Å²) in [4.78, 5) is 0. The lowest BCUT2D eigenvalue weighted by Gasteiger charge is -2.14. The van der Waals surface area contributed by atoms with Gasteiger partial charge in [-0.3, -0.25) is 4.68 Å². The van der Waals surface area contributed by atoms with Crippen molar-refractivity contribution in [3.8, 4) is 5.75 Å². The van der Waals surface area contributed by atoms with E-state index in [-0.39, 0.29) is 17.6 Å². The van der Waals surface area contributed by atoms with Crippen LogP contribution in [0.4, 0.5) is 10.1 Å². The monoisotopic (exact) mass is 263 g/mol. The molecule has 0 radical (unpaired) electrons. The molecule has 0 aliphatic heterocycles. The molecule has 0 aliphatic carbocycles. The first-order chi connectivity index (χ1) is 9.13. The molecule has 0 bridgehead atoms. The number of benzene rings is 1. The lowest BCUT2D eigenvalue weighted by atomic mass is 10.2. The summed E-state index contributed by atoms with van der Waals surface area (Å²) in [5.41, 5.74) is 1.79. The Hall–Kier alpha value is -2.04. The predicted molar refractivity (Wildman–Crippen MR) is 72.9 cm³/mol. The van der Waals surface area contributed by atoms with Crippen molar-refractivity contribution in [1.82, 2.24) is 9.78 Å². The van der Waals surface area contributed by atoms with Gasteiger partial charge in [-0.15, -0.1) is 0 Å². The summed E-state index contributed by atoms with van der Waals surface area (Å²) in [6.07, 6.45) is 3.80. The lowest BCUT2D eigenvalue weighted by Crippen LogP contribution is -2.06. The molecule has 0 saturated heterocycles. The molecular weight excluding hydrogens is 245 g/mol. The number of nitrogens with one attached hydrogen (secondary N) is 1. The predicted octanol–water partition coefficient (Wildman–Crippen LogP) is 3.22. The molecule has 0 fully saturated rings. The van der Waals surface area contributed by atoms with Crippen molar-refractivity contribution in [3.05, 3.63) is 42.0 Å². The van der Waals surface area contributed by atoms with Crippen molar-refractivity contribution in [1.29, 1.82) is 0 Å². The Morgan fingerprint density at radius 3 is 2.84 bits per heavy atom. The van der Waals surface area contributed by atoms with E-state index in [9.17, 15) is 4.39 Å². The molecule has 19 heavy (non-hydrogen) atoms. The summed E-state index contributed by atoms with van der Waals surface area (Å²) in [5, 5.41) is 7.46. The largest absolute Gasteiger partial charge is 0.494 e. The van der Waals surface area contributed by atoms with Crippen LogP contribution in [0.15, 0.2) is 30.6 Å². The average Bonchev–Trinajstić information content (AvgIpc) is 2.88. The molecule has 1 N–H and O–H groups in total. The van der Waals surface area contributed by atoms with Crippen molar-refractivity contribution in [3.63, 3.8) is 0 Å². The van der Waals surface area contributed by atoms with Crippen LogP contribution in [-0.4, -0.2) is 16.9 Å². The highest BCUT2D eigenvalue weighted by Gasteiger charge is 2.09. The minimum atomic E-state index is -0.371. The van der Waals surface area contributed by atoms with Gasteiger partial charge in [0, 0.05) is 30.1 Å². The van der Waals surface area contributed by atoms with Crippen LogP contribution < -0.4 is 10.1 Å². The highest BCUT2D eigenvalue weighted by molar-refractivity contribution is 5.48. The van der Waals surface area contributed by atoms with E-state index in [1.54, 1.807) is 12.1 Å². The van der Waals surface area contributed by atoms with Crippen molar-refractivity contribution in [2.24, 2.45) is 0 Å². The van der Waals surface area contributed by atoms with Gasteiger partial charge >= 0.3 is 0 Å². The highest BCUT2D eigenvalue weighted by Crippen LogP contribution is 2.24. The molecule has 2 rings (SSSR count). The van der Waals surface area contributed by atoms with Crippen LogP contribution in [0.3, 0.4) is 0 Å². The minimum Gasteiger partial charge on any atom is -0.494 e. The molecule has 1 aromatic carbocycles. The van der Waals surface area contributed by atoms with E-state index in [1.807, 2.05) is 30.9 Å². The number of aromatic nitrogens is 2. The number of ether oxygens (including phenoxy) is 1. The molecule has 102 valence electrons. The Morgan fingerprint density at radius 2 is 2.26 bits per heavy atom. The highest BCUT2D eigenvalue weighted by atomic mass is 19.1. The summed E-state index contributed by atoms with van der Waals surface area (Å²) < 4.78 is 20.3. The number of methoxy groups -OCH3 is 1. The van der Waals surface area contributed by atoms with Gasteiger partial charge in [0.1, 0.15) is 0 Å². The Bertz CT molecular complexity index is 553. The topological polar surface area (TPSA) is 39.1 Å². The number of anilines is 1. The molecule has 1 unspecified atom stereocenters. The number of hydrogen-bond acceptors (Lipinski definition) is 3. The standard InChI is InChI=1S/C14H18FN3O/c1-4-18-9-11(8-16-18)10(2)17-12-5-6-14(19-3)13(15)7-12/h5-10,17H,4H2,1-3H3. The van der Waals surface area contributed by atoms with Gasteiger partial charge in [0.25, 0.3) is 0 Å². The van der Waals surface area contributed by atoms with E-state index in [4.69, 9.17) is 4.74 Å². The molecule has 1 atom stereocenters. The normalized spacial score (nSPS) is 12.2. The smallest absolute Gasteiger partial charge is 0.167 e. The maximum Gasteiger partial charge on any atom is 0.167 e. The second-order valence-corrected chi connectivity index (χ2v) is 4.34. The van der Waals surface area contributed by atoms with E-state index >= 15 is 0 Å². The summed E-state index contributed by atoms with van der Waals surface area (Å²) in [6.45, 7) is 4.89. The van der Waals surface area contributed by atoms with Crippen molar-refractivity contribution >= 4 is 5.69 Å². The van der Waals surface area contributed by atoms with E-state index in [2.05, 4.69) is 10.4 Å². The summed E-state index contributed by atoms with van der Waals surface area (Å²) >= 11 is 0. The van der Waals surface area contributed by atoms with Gasteiger partial charge in [-0.05, 0) is 26.0 Å². The first-order valence-corrected chi connectivity index (χ1v) is 6.26. The SMILES string of the molecule is CCn1cc(C(C)Nc2ccc(OC)c(F)c2)cn1. The molecule has 0 saturated carbocycles. The Labute approximate surface area is 112 Å². The third-order valence-electron chi connectivity index (χ3n) is 3.01. The minimum absolute atomic E-state index is 0.0631. The summed E-state index contributed by atoms with van der Waals surface area (Å²) in [5.74, 6) is -0.124. The molecule has 0 amide bonds. The molecule has 4 nitrogen and oxygen atoms in total. The van der Waals surface area contributed by atoms with Gasteiger partial charge in [0.15, 0.2) is 11.6 Å². The van der Waals surface area contributed by atoms with Crippen LogP contribution >= 0.6 is 0 Å². The molecule has 2 aromatic rings. The van der Waals surface area contributed by atoms with Crippen LogP contribution in [0.2, 0.25) is 0 Å². The van der Waals surface area contributed by atoms with Crippen molar-refractivity contribution < 1.29 is 9.13 Å². The van der Waals surface area contributed by atoms with Gasteiger partial charge in [-0.1, -0.05) is 0 Å². The third-order valence-corrected chi connectivity index (χ3v) is 3.01. The fourth-order valence-electron chi connectivity index (χ4n) is 1.87. The summed E-state index contributed by atoms with van der Waals surface area (Å²) in [6, 6.07) is 4.90. The Balaban J connectivity index is 2.10. The first-order valence-electron chi connectivity index (χ1n) is 6.26. The number of aryl methyl sites for hydroxylation is 1. The summed E-state index contributed by atoms with van der Waals surface area (Å²) in [7, 11) is 1.45. The van der Waals surface area contributed by atoms with Gasteiger partial charge < -0.3 is 10.1 Å². The average molecular weight is 263 g/mol. The number of hydrogen-bond donors (Lipinski definition) is 1. The molecule has 1 aromatic heterocycles. The van der Waals surface area contributed by atoms with E-state index in [0.29, 0.717) is 0 Å². The van der Waals surface area contributed by atoms with E-state index < -0.39 is 0 Å². The van der Waals surface area contributed by atoms with Gasteiger partial charge in [0.2, 0.25) is 0 Å². The Kier molecular flexibility index (Phi) is 4.04. The zero-order chi connectivity index (χ0) is 13.8. The molecule has 0 aliphatic rings. The van der Waals surface area contributed by atoms with Gasteiger partial charge in [-0.2, -0.15) is 5.10 Å². The van der Waals surface area contributed by atoms with Crippen molar-refractivity contribution in [2.75, 3.05) is 12.4 Å². The molecular formula is C14H18FN3O. The van der Waals surface area contributed by atoms with Gasteiger partial charge in [0.05, 0.1) is 19.3 Å². The quantitative estimate of drug-likeness (QED) is 0.900. The second kappa shape index (κ2) is 5.73. The third kappa shape index (κ3) is 3.05. The molecule has 5 heteroatoms. The second-order valence-electron chi connectivity index (χ2n) is 4.34. The lowest BCUT2D eigenvalue weighted by molar-refractivity contribution is 0.386. The van der Waals surface area contributed by atoms with Crippen LogP contribution in [-0.2, 0) is 6.54 Å². The molecule has 1 heterocycles. The Morgan fingerprint density at radius 1 is 1.47 bits per heavy atom. The fourth-order valence-corrected chi connectivity index (χ4v) is 1.87. The van der Waals surface area contributed by atoms with Gasteiger partial charge in [-0.25, -0.2) is 4.39 Å².